The summed E-state index contributed by atoms with van der Waals surface area (Å²) in [6, 6.07) is 11.1. The van der Waals surface area contributed by atoms with E-state index in [-0.39, 0.29) is 23.6 Å². The molecule has 0 N–H and O–H groups in total. The first-order valence-electron chi connectivity index (χ1n) is 6.78. The summed E-state index contributed by atoms with van der Waals surface area (Å²) in [4.78, 5) is 14.0. The minimum atomic E-state index is -0.529. The van der Waals surface area contributed by atoms with Crippen LogP contribution in [0.2, 0.25) is 0 Å². The van der Waals surface area contributed by atoms with Crippen LogP contribution in [0, 0.1) is 17.1 Å². The van der Waals surface area contributed by atoms with Crippen LogP contribution in [0.3, 0.4) is 0 Å². The van der Waals surface area contributed by atoms with Crippen LogP contribution in [0.5, 0.6) is 0 Å². The van der Waals surface area contributed by atoms with Gasteiger partial charge in [0, 0.05) is 13.1 Å². The summed E-state index contributed by atoms with van der Waals surface area (Å²) >= 11 is 0. The molecule has 3 rings (SSSR count). The van der Waals surface area contributed by atoms with Crippen LogP contribution in [-0.2, 0) is 19.8 Å². The molecule has 1 amide bonds. The number of amides is 1. The van der Waals surface area contributed by atoms with Gasteiger partial charge in [-0.3, -0.25) is 4.79 Å². The van der Waals surface area contributed by atoms with Crippen molar-refractivity contribution in [2.45, 2.75) is 19.8 Å². The third-order valence-corrected chi connectivity index (χ3v) is 3.72. The molecule has 0 fully saturated rings. The standard InChI is InChI=1S/C17H12F2N2O/c18-7-11-1-3-12(4-2-11)9-21-10-14-6-15(19)5-13(8-20)16(14)17(21)22/h1-6H,7,9-10H2. The lowest BCUT2D eigenvalue weighted by molar-refractivity contribution is 0.0766. The van der Waals surface area contributed by atoms with Crippen molar-refractivity contribution in [2.75, 3.05) is 0 Å². The van der Waals surface area contributed by atoms with E-state index in [9.17, 15) is 13.6 Å². The van der Waals surface area contributed by atoms with Crippen LogP contribution in [0.25, 0.3) is 0 Å². The molecule has 0 saturated carbocycles. The lowest BCUT2D eigenvalue weighted by Crippen LogP contribution is -2.23. The normalized spacial score (nSPS) is 13.1. The fraction of sp³-hybridized carbons (Fsp3) is 0.176. The zero-order valence-electron chi connectivity index (χ0n) is 11.6. The van der Waals surface area contributed by atoms with Gasteiger partial charge in [0.05, 0.1) is 11.1 Å². The molecular weight excluding hydrogens is 286 g/mol. The summed E-state index contributed by atoms with van der Waals surface area (Å²) in [5.41, 5.74) is 2.31. The quantitative estimate of drug-likeness (QED) is 0.872. The number of hydrogen-bond acceptors (Lipinski definition) is 2. The van der Waals surface area contributed by atoms with Gasteiger partial charge in [-0.15, -0.1) is 0 Å². The Hall–Kier alpha value is -2.74. The Balaban J connectivity index is 1.86. The van der Waals surface area contributed by atoms with E-state index in [4.69, 9.17) is 5.26 Å². The smallest absolute Gasteiger partial charge is 0.256 e. The predicted molar refractivity (Wildman–Crippen MR) is 75.9 cm³/mol. The summed E-state index contributed by atoms with van der Waals surface area (Å²) in [5, 5.41) is 9.05. The minimum Gasteiger partial charge on any atom is -0.330 e. The third-order valence-electron chi connectivity index (χ3n) is 3.72. The van der Waals surface area contributed by atoms with Gasteiger partial charge >= 0.3 is 0 Å². The van der Waals surface area contributed by atoms with Crippen molar-refractivity contribution in [1.82, 2.24) is 4.90 Å². The Morgan fingerprint density at radius 2 is 1.86 bits per heavy atom. The van der Waals surface area contributed by atoms with E-state index in [1.54, 1.807) is 29.2 Å². The number of carbonyl (C=O) groups is 1. The second-order valence-electron chi connectivity index (χ2n) is 5.21. The average molecular weight is 298 g/mol. The SMILES string of the molecule is N#Cc1cc(F)cc2c1C(=O)N(Cc1ccc(CF)cc1)C2. The highest BCUT2D eigenvalue weighted by molar-refractivity contribution is 6.00. The molecule has 0 radical (unpaired) electrons. The van der Waals surface area contributed by atoms with E-state index in [2.05, 4.69) is 0 Å². The van der Waals surface area contributed by atoms with Gasteiger partial charge in [-0.2, -0.15) is 5.26 Å². The van der Waals surface area contributed by atoms with E-state index in [0.29, 0.717) is 17.7 Å². The molecule has 1 heterocycles. The van der Waals surface area contributed by atoms with Gasteiger partial charge in [0.1, 0.15) is 18.6 Å². The largest absolute Gasteiger partial charge is 0.330 e. The van der Waals surface area contributed by atoms with Crippen molar-refractivity contribution in [1.29, 1.82) is 5.26 Å². The van der Waals surface area contributed by atoms with Crippen molar-refractivity contribution in [3.8, 4) is 6.07 Å². The number of rotatable bonds is 3. The number of halogens is 2. The van der Waals surface area contributed by atoms with Crippen LogP contribution in [-0.4, -0.2) is 10.8 Å². The zero-order valence-corrected chi connectivity index (χ0v) is 11.6. The predicted octanol–water partition coefficient (Wildman–Crippen LogP) is 3.32. The van der Waals surface area contributed by atoms with Gasteiger partial charge in [-0.1, -0.05) is 24.3 Å². The zero-order chi connectivity index (χ0) is 15.7. The summed E-state index contributed by atoms with van der Waals surface area (Å²) in [5.74, 6) is -0.793. The number of benzene rings is 2. The molecule has 2 aromatic carbocycles. The first-order chi connectivity index (χ1) is 10.6. The van der Waals surface area contributed by atoms with Crippen LogP contribution in [0.15, 0.2) is 36.4 Å². The average Bonchev–Trinajstić information content (AvgIpc) is 2.83. The highest BCUT2D eigenvalue weighted by atomic mass is 19.1. The molecule has 0 saturated heterocycles. The highest BCUT2D eigenvalue weighted by Gasteiger charge is 2.30. The molecule has 0 unspecified atom stereocenters. The maximum atomic E-state index is 13.5. The summed E-state index contributed by atoms with van der Waals surface area (Å²) in [6.45, 7) is 0.0806. The number of nitrogens with zero attached hydrogens (tertiary/aromatic N) is 2. The molecule has 0 aromatic heterocycles. The van der Waals surface area contributed by atoms with Gasteiger partial charge in [0.2, 0.25) is 0 Å². The molecule has 2 aromatic rings. The molecule has 1 aliphatic heterocycles. The maximum absolute atomic E-state index is 13.5. The molecule has 110 valence electrons. The number of carbonyl (C=O) groups excluding carboxylic acids is 1. The van der Waals surface area contributed by atoms with Crippen molar-refractivity contribution >= 4 is 5.91 Å². The van der Waals surface area contributed by atoms with Crippen molar-refractivity contribution < 1.29 is 13.6 Å². The molecule has 22 heavy (non-hydrogen) atoms. The van der Waals surface area contributed by atoms with Gasteiger partial charge < -0.3 is 4.90 Å². The lowest BCUT2D eigenvalue weighted by atomic mass is 10.0. The third kappa shape index (κ3) is 2.44. The molecule has 0 spiro atoms. The van der Waals surface area contributed by atoms with Crippen molar-refractivity contribution in [2.24, 2.45) is 0 Å². The van der Waals surface area contributed by atoms with E-state index in [0.717, 1.165) is 11.6 Å². The summed E-state index contributed by atoms with van der Waals surface area (Å²) in [6.07, 6.45) is 0. The number of alkyl halides is 1. The van der Waals surface area contributed by atoms with E-state index < -0.39 is 12.5 Å². The van der Waals surface area contributed by atoms with E-state index in [1.807, 2.05) is 6.07 Å². The van der Waals surface area contributed by atoms with Crippen molar-refractivity contribution in [3.63, 3.8) is 0 Å². The van der Waals surface area contributed by atoms with Crippen LogP contribution in [0.1, 0.15) is 32.6 Å². The Morgan fingerprint density at radius 1 is 1.18 bits per heavy atom. The second kappa shape index (κ2) is 5.57. The Labute approximate surface area is 126 Å². The lowest BCUT2D eigenvalue weighted by Gasteiger charge is -2.15. The fourth-order valence-electron chi connectivity index (χ4n) is 2.65. The molecular formula is C17H12F2N2O. The first kappa shape index (κ1) is 14.2. The van der Waals surface area contributed by atoms with Gasteiger partial charge in [0.25, 0.3) is 5.91 Å². The minimum absolute atomic E-state index is 0.0651. The summed E-state index contributed by atoms with van der Waals surface area (Å²) in [7, 11) is 0. The van der Waals surface area contributed by atoms with Crippen molar-refractivity contribution in [3.05, 3.63) is 70.0 Å². The molecule has 5 heteroatoms. The second-order valence-corrected chi connectivity index (χ2v) is 5.21. The van der Waals surface area contributed by atoms with E-state index in [1.165, 1.54) is 6.07 Å². The van der Waals surface area contributed by atoms with Gasteiger partial charge in [0.15, 0.2) is 0 Å². The molecule has 0 bridgehead atoms. The Bertz CT molecular complexity index is 778. The number of hydrogen-bond donors (Lipinski definition) is 0. The topological polar surface area (TPSA) is 44.1 Å². The Kier molecular flexibility index (Phi) is 3.60. The number of nitriles is 1. The molecule has 3 nitrogen and oxygen atoms in total. The summed E-state index contributed by atoms with van der Waals surface area (Å²) < 4.78 is 26.0. The fourth-order valence-corrected chi connectivity index (χ4v) is 2.65. The van der Waals surface area contributed by atoms with Gasteiger partial charge in [-0.25, -0.2) is 8.78 Å². The highest BCUT2D eigenvalue weighted by Crippen LogP contribution is 2.28. The molecule has 0 aliphatic carbocycles. The first-order valence-corrected chi connectivity index (χ1v) is 6.78. The number of fused-ring (bicyclic) bond motifs is 1. The van der Waals surface area contributed by atoms with Gasteiger partial charge in [-0.05, 0) is 28.8 Å². The van der Waals surface area contributed by atoms with Crippen LogP contribution >= 0.6 is 0 Å². The van der Waals surface area contributed by atoms with E-state index >= 15 is 0 Å². The monoisotopic (exact) mass is 298 g/mol. The Morgan fingerprint density at radius 3 is 2.50 bits per heavy atom. The molecule has 1 aliphatic rings. The molecule has 0 atom stereocenters. The maximum Gasteiger partial charge on any atom is 0.256 e. The van der Waals surface area contributed by atoms with Crippen LogP contribution in [0.4, 0.5) is 8.78 Å². The van der Waals surface area contributed by atoms with Crippen LogP contribution < -0.4 is 0 Å².